The van der Waals surface area contributed by atoms with Gasteiger partial charge in [-0.2, -0.15) is 5.26 Å². The predicted molar refractivity (Wildman–Crippen MR) is 204 cm³/mol. The molecule has 0 bridgehead atoms. The predicted octanol–water partition coefficient (Wildman–Crippen LogP) is 12.9. The second-order valence-electron chi connectivity index (χ2n) is 13.7. The zero-order valence-electron chi connectivity index (χ0n) is 30.3. The van der Waals surface area contributed by atoms with E-state index in [1.54, 1.807) is 6.07 Å². The summed E-state index contributed by atoms with van der Waals surface area (Å²) >= 11 is 0. The van der Waals surface area contributed by atoms with Crippen molar-refractivity contribution in [2.24, 2.45) is 0 Å². The standard InChI is InChI=1S/C46H58FNO2/c1-2-3-4-5-6-7-8-9-10-11-12-13-14-15-25-32-45(49-37-40-33-39(36-48)34-44(47)35-40)38-50-46(41-26-19-16-20-27-41,42-28-21-17-22-29-42)43-30-23-18-24-31-43/h16-24,26-31,33-35,45H,2-15,25,32,37-38H2,1H3/t45-/m1/s1. The van der Waals surface area contributed by atoms with Gasteiger partial charge < -0.3 is 9.47 Å². The average molecular weight is 676 g/mol. The van der Waals surface area contributed by atoms with E-state index in [2.05, 4.69) is 85.8 Å². The number of hydrogen-bond acceptors (Lipinski definition) is 3. The van der Waals surface area contributed by atoms with Gasteiger partial charge in [0.25, 0.3) is 0 Å². The summed E-state index contributed by atoms with van der Waals surface area (Å²) in [5.74, 6) is -0.422. The molecule has 0 unspecified atom stereocenters. The molecule has 50 heavy (non-hydrogen) atoms. The first kappa shape index (κ1) is 39.0. The number of rotatable bonds is 25. The first-order valence-corrected chi connectivity index (χ1v) is 19.3. The van der Waals surface area contributed by atoms with Crippen LogP contribution in [0.1, 0.15) is 137 Å². The number of unbranched alkanes of at least 4 members (excludes halogenated alkanes) is 14. The third kappa shape index (κ3) is 12.8. The van der Waals surface area contributed by atoms with Crippen LogP contribution in [0, 0.1) is 17.1 Å². The monoisotopic (exact) mass is 675 g/mol. The van der Waals surface area contributed by atoms with Gasteiger partial charge in [-0.05, 0) is 46.9 Å². The summed E-state index contributed by atoms with van der Waals surface area (Å²) < 4.78 is 27.9. The lowest BCUT2D eigenvalue weighted by Crippen LogP contribution is -2.36. The van der Waals surface area contributed by atoms with E-state index in [-0.39, 0.29) is 12.7 Å². The van der Waals surface area contributed by atoms with E-state index in [1.165, 1.54) is 95.6 Å². The highest BCUT2D eigenvalue weighted by molar-refractivity contribution is 5.47. The number of hydrogen-bond donors (Lipinski definition) is 0. The van der Waals surface area contributed by atoms with Crippen molar-refractivity contribution in [1.29, 1.82) is 5.26 Å². The lowest BCUT2D eigenvalue weighted by molar-refractivity contribution is -0.0731. The van der Waals surface area contributed by atoms with E-state index in [0.717, 1.165) is 36.0 Å². The van der Waals surface area contributed by atoms with Crippen LogP contribution >= 0.6 is 0 Å². The zero-order valence-corrected chi connectivity index (χ0v) is 30.3. The molecule has 0 aromatic heterocycles. The van der Waals surface area contributed by atoms with E-state index in [0.29, 0.717) is 17.7 Å². The van der Waals surface area contributed by atoms with E-state index >= 15 is 0 Å². The Balaban J connectivity index is 1.37. The maximum absolute atomic E-state index is 14.3. The second-order valence-corrected chi connectivity index (χ2v) is 13.7. The Morgan fingerprint density at radius 3 is 1.48 bits per heavy atom. The van der Waals surface area contributed by atoms with Crippen LogP contribution in [0.5, 0.6) is 0 Å². The Labute approximate surface area is 301 Å². The van der Waals surface area contributed by atoms with E-state index in [4.69, 9.17) is 9.47 Å². The normalized spacial score (nSPS) is 12.1. The topological polar surface area (TPSA) is 42.2 Å². The molecule has 0 fully saturated rings. The molecule has 0 saturated carbocycles. The molecular weight excluding hydrogens is 618 g/mol. The van der Waals surface area contributed by atoms with Gasteiger partial charge in [0.15, 0.2) is 0 Å². The highest BCUT2D eigenvalue weighted by Crippen LogP contribution is 2.40. The van der Waals surface area contributed by atoms with Crippen molar-refractivity contribution in [1.82, 2.24) is 0 Å². The Hall–Kier alpha value is -3.78. The van der Waals surface area contributed by atoms with Crippen LogP contribution < -0.4 is 0 Å². The van der Waals surface area contributed by atoms with Crippen LogP contribution in [0.3, 0.4) is 0 Å². The molecule has 0 aliphatic heterocycles. The van der Waals surface area contributed by atoms with E-state index < -0.39 is 11.4 Å². The molecule has 0 radical (unpaired) electrons. The second kappa shape index (κ2) is 22.8. The molecular formula is C46H58FNO2. The minimum absolute atomic E-state index is 0.207. The molecule has 4 aromatic carbocycles. The maximum atomic E-state index is 14.3. The average Bonchev–Trinajstić information content (AvgIpc) is 3.16. The maximum Gasteiger partial charge on any atom is 0.143 e. The largest absolute Gasteiger partial charge is 0.371 e. The number of nitrogens with zero attached hydrogens (tertiary/aromatic N) is 1. The fraction of sp³-hybridized carbons (Fsp3) is 0.457. The van der Waals surface area contributed by atoms with Crippen molar-refractivity contribution in [3.63, 3.8) is 0 Å². The quantitative estimate of drug-likeness (QED) is 0.0519. The highest BCUT2D eigenvalue weighted by atomic mass is 19.1. The van der Waals surface area contributed by atoms with Crippen LogP contribution in [0.25, 0.3) is 0 Å². The molecule has 0 spiro atoms. The van der Waals surface area contributed by atoms with Crippen LogP contribution in [0.2, 0.25) is 0 Å². The van der Waals surface area contributed by atoms with Crippen molar-refractivity contribution in [2.75, 3.05) is 6.61 Å². The first-order valence-electron chi connectivity index (χ1n) is 19.3. The molecule has 0 N–H and O–H groups in total. The fourth-order valence-electron chi connectivity index (χ4n) is 6.96. The van der Waals surface area contributed by atoms with Crippen molar-refractivity contribution >= 4 is 0 Å². The molecule has 0 amide bonds. The molecule has 3 nitrogen and oxygen atoms in total. The van der Waals surface area contributed by atoms with Gasteiger partial charge in [0.2, 0.25) is 0 Å². The molecule has 4 heteroatoms. The van der Waals surface area contributed by atoms with Crippen LogP contribution in [0.15, 0.2) is 109 Å². The fourth-order valence-corrected chi connectivity index (χ4v) is 6.96. The Morgan fingerprint density at radius 1 is 0.600 bits per heavy atom. The summed E-state index contributed by atoms with van der Waals surface area (Å²) in [6.07, 6.45) is 20.4. The summed E-state index contributed by atoms with van der Waals surface area (Å²) in [6.45, 7) is 2.85. The van der Waals surface area contributed by atoms with Gasteiger partial charge in [-0.15, -0.1) is 0 Å². The Bertz CT molecular complexity index is 1410. The Morgan fingerprint density at radius 2 is 1.04 bits per heavy atom. The SMILES string of the molecule is CCCCCCCCCCCCCCCCC[C@H](COC(c1ccccc1)(c1ccccc1)c1ccccc1)OCc1cc(F)cc(C#N)c1. The van der Waals surface area contributed by atoms with Crippen molar-refractivity contribution < 1.29 is 13.9 Å². The highest BCUT2D eigenvalue weighted by Gasteiger charge is 2.38. The summed E-state index contributed by atoms with van der Waals surface area (Å²) in [5.41, 5.74) is 3.26. The molecule has 0 saturated heterocycles. The minimum atomic E-state index is -0.840. The minimum Gasteiger partial charge on any atom is -0.371 e. The summed E-state index contributed by atoms with van der Waals surface area (Å²) in [6, 6.07) is 37.6. The van der Waals surface area contributed by atoms with Crippen molar-refractivity contribution in [3.8, 4) is 6.07 Å². The molecule has 0 aliphatic carbocycles. The van der Waals surface area contributed by atoms with Gasteiger partial charge in [-0.3, -0.25) is 0 Å². The number of nitriles is 1. The van der Waals surface area contributed by atoms with Gasteiger partial charge in [-0.25, -0.2) is 4.39 Å². The van der Waals surface area contributed by atoms with E-state index in [9.17, 15) is 9.65 Å². The summed E-state index contributed by atoms with van der Waals surface area (Å²) in [7, 11) is 0. The summed E-state index contributed by atoms with van der Waals surface area (Å²) in [5, 5.41) is 9.39. The first-order chi connectivity index (χ1) is 24.7. The third-order valence-electron chi connectivity index (χ3n) is 9.73. The number of benzene rings is 4. The van der Waals surface area contributed by atoms with Crippen molar-refractivity contribution in [3.05, 3.63) is 143 Å². The zero-order chi connectivity index (χ0) is 35.1. The number of halogens is 1. The smallest absolute Gasteiger partial charge is 0.143 e. The van der Waals surface area contributed by atoms with E-state index in [1.807, 2.05) is 18.2 Å². The van der Waals surface area contributed by atoms with Gasteiger partial charge >= 0.3 is 0 Å². The summed E-state index contributed by atoms with van der Waals surface area (Å²) in [4.78, 5) is 0. The van der Waals surface area contributed by atoms with Gasteiger partial charge in [0, 0.05) is 0 Å². The van der Waals surface area contributed by atoms with Crippen LogP contribution in [-0.2, 0) is 21.7 Å². The van der Waals surface area contributed by atoms with Crippen LogP contribution in [0.4, 0.5) is 4.39 Å². The lowest BCUT2D eigenvalue weighted by Gasteiger charge is -2.37. The molecule has 1 atom stereocenters. The number of ether oxygens (including phenoxy) is 2. The van der Waals surface area contributed by atoms with Gasteiger partial charge in [0.1, 0.15) is 11.4 Å². The lowest BCUT2D eigenvalue weighted by atomic mass is 9.80. The molecule has 0 aliphatic rings. The van der Waals surface area contributed by atoms with Crippen molar-refractivity contribution in [2.45, 2.75) is 128 Å². The third-order valence-corrected chi connectivity index (χ3v) is 9.73. The Kier molecular flexibility index (Phi) is 17.8. The molecule has 4 rings (SSSR count). The molecule has 0 heterocycles. The van der Waals surface area contributed by atoms with Gasteiger partial charge in [0.05, 0.1) is 31.0 Å². The molecule has 266 valence electrons. The molecule has 4 aromatic rings. The van der Waals surface area contributed by atoms with Gasteiger partial charge in [-0.1, -0.05) is 194 Å². The van der Waals surface area contributed by atoms with Crippen LogP contribution in [-0.4, -0.2) is 12.7 Å².